The van der Waals surface area contributed by atoms with E-state index in [2.05, 4.69) is 5.32 Å². The molecule has 1 saturated heterocycles. The first kappa shape index (κ1) is 19.1. The third-order valence-corrected chi connectivity index (χ3v) is 5.40. The van der Waals surface area contributed by atoms with Crippen LogP contribution in [0.5, 0.6) is 5.75 Å². The lowest BCUT2D eigenvalue weighted by Crippen LogP contribution is -2.36. The molecule has 0 spiro atoms. The van der Waals surface area contributed by atoms with Crippen LogP contribution in [0.3, 0.4) is 0 Å². The number of nitrogens with zero attached hydrogens (tertiary/aromatic N) is 1. The van der Waals surface area contributed by atoms with Gasteiger partial charge in [0.2, 0.25) is 17.7 Å². The monoisotopic (exact) mass is 370 g/mol. The van der Waals surface area contributed by atoms with Crippen LogP contribution in [0, 0.1) is 25.7 Å². The molecule has 1 aromatic carbocycles. The van der Waals surface area contributed by atoms with E-state index in [-0.39, 0.29) is 42.5 Å². The van der Waals surface area contributed by atoms with Gasteiger partial charge in [0.05, 0.1) is 18.4 Å². The Labute approximate surface area is 159 Å². The minimum Gasteiger partial charge on any atom is -0.491 e. The predicted molar refractivity (Wildman–Crippen MR) is 101 cm³/mol. The summed E-state index contributed by atoms with van der Waals surface area (Å²) in [6.45, 7) is 4.92. The van der Waals surface area contributed by atoms with Crippen LogP contribution in [0.25, 0.3) is 0 Å². The van der Waals surface area contributed by atoms with Gasteiger partial charge in [-0.3, -0.25) is 19.3 Å². The lowest BCUT2D eigenvalue weighted by molar-refractivity contribution is -0.140. The normalized spacial score (nSPS) is 21.3. The second-order valence-electron chi connectivity index (χ2n) is 7.13. The Balaban J connectivity index is 1.39. The summed E-state index contributed by atoms with van der Waals surface area (Å²) in [5.41, 5.74) is 2.25. The van der Waals surface area contributed by atoms with Crippen LogP contribution in [0.2, 0.25) is 0 Å². The molecule has 0 saturated carbocycles. The molecule has 1 aliphatic carbocycles. The quantitative estimate of drug-likeness (QED) is 0.453. The Morgan fingerprint density at radius 2 is 1.81 bits per heavy atom. The Morgan fingerprint density at radius 3 is 2.48 bits per heavy atom. The van der Waals surface area contributed by atoms with Gasteiger partial charge in [0.15, 0.2) is 0 Å². The maximum atomic E-state index is 12.4. The average molecular weight is 370 g/mol. The summed E-state index contributed by atoms with van der Waals surface area (Å²) in [7, 11) is 0. The summed E-state index contributed by atoms with van der Waals surface area (Å²) in [4.78, 5) is 38.0. The summed E-state index contributed by atoms with van der Waals surface area (Å²) >= 11 is 0. The van der Waals surface area contributed by atoms with Gasteiger partial charge in [0.25, 0.3) is 0 Å². The van der Waals surface area contributed by atoms with Gasteiger partial charge in [-0.1, -0.05) is 24.3 Å². The van der Waals surface area contributed by atoms with E-state index in [0.717, 1.165) is 16.9 Å². The molecule has 0 radical (unpaired) electrons. The SMILES string of the molecule is Cc1cccc(OCCNC(=O)CCN2C(=O)[C@H]3CC=CC[C@H]3C2=O)c1C. The van der Waals surface area contributed by atoms with E-state index in [0.29, 0.717) is 26.0 Å². The zero-order valence-electron chi connectivity index (χ0n) is 15.9. The molecule has 1 heterocycles. The van der Waals surface area contributed by atoms with E-state index in [4.69, 9.17) is 4.74 Å². The number of allylic oxidation sites excluding steroid dienone is 2. The number of carbonyl (C=O) groups is 3. The van der Waals surface area contributed by atoms with Crippen molar-refractivity contribution in [1.82, 2.24) is 10.2 Å². The summed E-state index contributed by atoms with van der Waals surface area (Å²) in [5.74, 6) is -0.129. The number of hydrogen-bond donors (Lipinski definition) is 1. The molecule has 0 aromatic heterocycles. The highest BCUT2D eigenvalue weighted by Crippen LogP contribution is 2.34. The molecule has 6 heteroatoms. The van der Waals surface area contributed by atoms with E-state index in [1.54, 1.807) is 0 Å². The standard InChI is InChI=1S/C21H26N2O4/c1-14-6-5-9-18(15(14)2)27-13-11-22-19(24)10-12-23-20(25)16-7-3-4-8-17(16)21(23)26/h3-6,9,16-17H,7-8,10-13H2,1-2H3,(H,22,24)/t16-,17+. The molecule has 2 aliphatic rings. The Morgan fingerprint density at radius 1 is 1.15 bits per heavy atom. The smallest absolute Gasteiger partial charge is 0.233 e. The first-order valence-corrected chi connectivity index (χ1v) is 9.45. The number of amides is 3. The number of rotatable bonds is 7. The third kappa shape index (κ3) is 4.21. The molecule has 0 bridgehead atoms. The molecule has 1 fully saturated rings. The molecule has 3 amide bonds. The highest BCUT2D eigenvalue weighted by Gasteiger charge is 2.46. The van der Waals surface area contributed by atoms with Gasteiger partial charge < -0.3 is 10.1 Å². The van der Waals surface area contributed by atoms with Crippen LogP contribution in [-0.2, 0) is 14.4 Å². The molecule has 2 atom stereocenters. The first-order chi connectivity index (χ1) is 13.0. The minimum atomic E-state index is -0.239. The Hall–Kier alpha value is -2.63. The summed E-state index contributed by atoms with van der Waals surface area (Å²) in [6, 6.07) is 5.87. The van der Waals surface area contributed by atoms with Crippen molar-refractivity contribution in [3.63, 3.8) is 0 Å². The van der Waals surface area contributed by atoms with Crippen molar-refractivity contribution in [3.8, 4) is 5.75 Å². The van der Waals surface area contributed by atoms with Gasteiger partial charge >= 0.3 is 0 Å². The van der Waals surface area contributed by atoms with Gasteiger partial charge in [0, 0.05) is 13.0 Å². The molecule has 6 nitrogen and oxygen atoms in total. The third-order valence-electron chi connectivity index (χ3n) is 5.40. The highest BCUT2D eigenvalue weighted by molar-refractivity contribution is 6.05. The van der Waals surface area contributed by atoms with Gasteiger partial charge in [-0.05, 0) is 43.9 Å². The van der Waals surface area contributed by atoms with Crippen molar-refractivity contribution < 1.29 is 19.1 Å². The highest BCUT2D eigenvalue weighted by atomic mass is 16.5. The van der Waals surface area contributed by atoms with Crippen LogP contribution in [-0.4, -0.2) is 42.3 Å². The fourth-order valence-corrected chi connectivity index (χ4v) is 3.62. The molecule has 1 N–H and O–H groups in total. The van der Waals surface area contributed by atoms with E-state index >= 15 is 0 Å². The van der Waals surface area contributed by atoms with E-state index in [1.807, 2.05) is 44.2 Å². The van der Waals surface area contributed by atoms with Crippen LogP contribution in [0.15, 0.2) is 30.4 Å². The van der Waals surface area contributed by atoms with Crippen molar-refractivity contribution >= 4 is 17.7 Å². The number of hydrogen-bond acceptors (Lipinski definition) is 4. The van der Waals surface area contributed by atoms with Crippen LogP contribution >= 0.6 is 0 Å². The van der Waals surface area contributed by atoms with E-state index in [1.165, 1.54) is 4.90 Å². The van der Waals surface area contributed by atoms with Crippen LogP contribution in [0.1, 0.15) is 30.4 Å². The Kier molecular flexibility index (Phi) is 5.94. The maximum absolute atomic E-state index is 12.4. The number of fused-ring (bicyclic) bond motifs is 1. The molecule has 0 unspecified atom stereocenters. The zero-order chi connectivity index (χ0) is 19.4. The van der Waals surface area contributed by atoms with Crippen LogP contribution < -0.4 is 10.1 Å². The van der Waals surface area contributed by atoms with Gasteiger partial charge in [-0.25, -0.2) is 0 Å². The van der Waals surface area contributed by atoms with Crippen molar-refractivity contribution in [2.75, 3.05) is 19.7 Å². The first-order valence-electron chi connectivity index (χ1n) is 9.45. The fraction of sp³-hybridized carbons (Fsp3) is 0.476. The van der Waals surface area contributed by atoms with Crippen molar-refractivity contribution in [3.05, 3.63) is 41.5 Å². The number of likely N-dealkylation sites (tertiary alicyclic amines) is 1. The molecular formula is C21H26N2O4. The molecular weight excluding hydrogens is 344 g/mol. The minimum absolute atomic E-state index is 0.119. The Bertz CT molecular complexity index is 745. The number of ether oxygens (including phenoxy) is 1. The maximum Gasteiger partial charge on any atom is 0.233 e. The molecule has 27 heavy (non-hydrogen) atoms. The summed E-state index contributed by atoms with van der Waals surface area (Å²) in [6.07, 6.45) is 5.27. The van der Waals surface area contributed by atoms with Crippen molar-refractivity contribution in [2.24, 2.45) is 11.8 Å². The zero-order valence-corrected chi connectivity index (χ0v) is 15.9. The second kappa shape index (κ2) is 8.37. The molecule has 1 aliphatic heterocycles. The largest absolute Gasteiger partial charge is 0.491 e. The number of imide groups is 1. The number of aryl methyl sites for hydroxylation is 1. The second-order valence-corrected chi connectivity index (χ2v) is 7.13. The number of benzene rings is 1. The molecule has 144 valence electrons. The van der Waals surface area contributed by atoms with Crippen molar-refractivity contribution in [2.45, 2.75) is 33.1 Å². The summed E-state index contributed by atoms with van der Waals surface area (Å²) in [5, 5.41) is 2.78. The summed E-state index contributed by atoms with van der Waals surface area (Å²) < 4.78 is 5.70. The van der Waals surface area contributed by atoms with Crippen LogP contribution in [0.4, 0.5) is 0 Å². The molecule has 1 aromatic rings. The number of nitrogens with one attached hydrogen (secondary N) is 1. The van der Waals surface area contributed by atoms with Gasteiger partial charge in [-0.2, -0.15) is 0 Å². The lowest BCUT2D eigenvalue weighted by atomic mass is 9.85. The lowest BCUT2D eigenvalue weighted by Gasteiger charge is -2.15. The topological polar surface area (TPSA) is 75.7 Å². The van der Waals surface area contributed by atoms with Crippen molar-refractivity contribution in [1.29, 1.82) is 0 Å². The van der Waals surface area contributed by atoms with E-state index < -0.39 is 0 Å². The van der Waals surface area contributed by atoms with E-state index in [9.17, 15) is 14.4 Å². The van der Waals surface area contributed by atoms with Gasteiger partial charge in [0.1, 0.15) is 12.4 Å². The molecule has 3 rings (SSSR count). The number of carbonyl (C=O) groups excluding carboxylic acids is 3. The predicted octanol–water partition coefficient (Wildman–Crippen LogP) is 2.14. The average Bonchev–Trinajstić information content (AvgIpc) is 2.91. The van der Waals surface area contributed by atoms with Gasteiger partial charge in [-0.15, -0.1) is 0 Å². The fourth-order valence-electron chi connectivity index (χ4n) is 3.62.